The Morgan fingerprint density at radius 3 is 2.81 bits per heavy atom. The van der Waals surface area contributed by atoms with Gasteiger partial charge in [0.15, 0.2) is 0 Å². The molecule has 1 aromatic carbocycles. The average molecular weight is 366 g/mol. The van der Waals surface area contributed by atoms with Crippen LogP contribution in [0.3, 0.4) is 0 Å². The number of thioether (sulfide) groups is 1. The van der Waals surface area contributed by atoms with E-state index in [1.54, 1.807) is 6.20 Å². The smallest absolute Gasteiger partial charge is 0.126 e. The number of nitrogens with zero attached hydrogens (tertiary/aromatic N) is 1. The molecule has 0 amide bonds. The Morgan fingerprint density at radius 2 is 2.10 bits per heavy atom. The maximum atomic E-state index is 5.94. The van der Waals surface area contributed by atoms with Gasteiger partial charge < -0.3 is 11.1 Å². The lowest BCUT2D eigenvalue weighted by atomic mass is 10.1. The lowest BCUT2D eigenvalue weighted by Crippen LogP contribution is -2.33. The van der Waals surface area contributed by atoms with E-state index in [9.17, 15) is 0 Å². The topological polar surface area (TPSA) is 50.9 Å². The predicted molar refractivity (Wildman–Crippen MR) is 94.7 cm³/mol. The third-order valence-electron chi connectivity index (χ3n) is 3.16. The Labute approximate surface area is 138 Å². The van der Waals surface area contributed by atoms with Crippen molar-refractivity contribution >= 4 is 33.5 Å². The molecule has 0 radical (unpaired) electrons. The van der Waals surface area contributed by atoms with Crippen molar-refractivity contribution in [1.29, 1.82) is 0 Å². The number of anilines is 1. The van der Waals surface area contributed by atoms with Gasteiger partial charge in [-0.05, 0) is 52.7 Å². The largest absolute Gasteiger partial charge is 0.383 e. The highest BCUT2D eigenvalue weighted by Crippen LogP contribution is 2.28. The molecule has 0 aliphatic heterocycles. The number of nitrogens with one attached hydrogen (secondary N) is 1. The van der Waals surface area contributed by atoms with Gasteiger partial charge in [-0.3, -0.25) is 0 Å². The van der Waals surface area contributed by atoms with Gasteiger partial charge in [-0.25, -0.2) is 4.98 Å². The Morgan fingerprint density at radius 1 is 1.29 bits per heavy atom. The molecule has 0 aliphatic rings. The molecule has 3 N–H and O–H groups in total. The van der Waals surface area contributed by atoms with Crippen LogP contribution in [-0.4, -0.2) is 23.3 Å². The second-order valence-electron chi connectivity index (χ2n) is 4.75. The zero-order chi connectivity index (χ0) is 15.1. The standard InChI is InChI=1S/C16H20BrN3S/c1-2-19-13(10-12-6-5-9-20-16(12)18)11-21-15-8-4-3-7-14(15)17/h3-9,13,19H,2,10-11H2,1H3,(H2,18,20). The highest BCUT2D eigenvalue weighted by atomic mass is 79.9. The second kappa shape index (κ2) is 8.41. The molecule has 0 spiro atoms. The minimum atomic E-state index is 0.374. The first-order valence-electron chi connectivity index (χ1n) is 7.00. The highest BCUT2D eigenvalue weighted by Gasteiger charge is 2.12. The van der Waals surface area contributed by atoms with Gasteiger partial charge in [-0.15, -0.1) is 11.8 Å². The van der Waals surface area contributed by atoms with Crippen LogP contribution in [0.4, 0.5) is 5.82 Å². The minimum Gasteiger partial charge on any atom is -0.383 e. The number of benzene rings is 1. The quantitative estimate of drug-likeness (QED) is 0.733. The van der Waals surface area contributed by atoms with Crippen molar-refractivity contribution < 1.29 is 0 Å². The first-order chi connectivity index (χ1) is 10.2. The van der Waals surface area contributed by atoms with Crippen molar-refractivity contribution in [2.45, 2.75) is 24.3 Å². The molecule has 2 aromatic rings. The van der Waals surface area contributed by atoms with Gasteiger partial charge in [-0.2, -0.15) is 0 Å². The lowest BCUT2D eigenvalue weighted by molar-refractivity contribution is 0.572. The third-order valence-corrected chi connectivity index (χ3v) is 5.35. The van der Waals surface area contributed by atoms with Crippen molar-refractivity contribution in [3.8, 4) is 0 Å². The van der Waals surface area contributed by atoms with Gasteiger partial charge in [0.2, 0.25) is 0 Å². The fraction of sp³-hybridized carbons (Fsp3) is 0.312. The van der Waals surface area contributed by atoms with Crippen LogP contribution in [0.2, 0.25) is 0 Å². The zero-order valence-electron chi connectivity index (χ0n) is 12.1. The molecule has 1 atom stereocenters. The van der Waals surface area contributed by atoms with Gasteiger partial charge >= 0.3 is 0 Å². The molecule has 3 nitrogen and oxygen atoms in total. The van der Waals surface area contributed by atoms with Crippen LogP contribution in [0.15, 0.2) is 52.0 Å². The normalized spacial score (nSPS) is 12.3. The summed E-state index contributed by atoms with van der Waals surface area (Å²) in [7, 11) is 0. The van der Waals surface area contributed by atoms with Crippen molar-refractivity contribution in [3.63, 3.8) is 0 Å². The molecule has 1 heterocycles. The van der Waals surface area contributed by atoms with Crippen molar-refractivity contribution in [3.05, 3.63) is 52.6 Å². The summed E-state index contributed by atoms with van der Waals surface area (Å²) >= 11 is 5.44. The third kappa shape index (κ3) is 5.02. The number of nitrogen functional groups attached to an aromatic ring is 1. The maximum absolute atomic E-state index is 5.94. The average Bonchev–Trinajstić information content (AvgIpc) is 2.48. The van der Waals surface area contributed by atoms with Crippen molar-refractivity contribution in [2.75, 3.05) is 18.0 Å². The number of halogens is 1. The summed E-state index contributed by atoms with van der Waals surface area (Å²) in [6.07, 6.45) is 2.63. The number of pyridine rings is 1. The minimum absolute atomic E-state index is 0.374. The molecule has 1 unspecified atom stereocenters. The zero-order valence-corrected chi connectivity index (χ0v) is 14.5. The summed E-state index contributed by atoms with van der Waals surface area (Å²) in [6.45, 7) is 3.07. The monoisotopic (exact) mass is 365 g/mol. The Bertz CT molecular complexity index is 577. The fourth-order valence-electron chi connectivity index (χ4n) is 2.12. The molecule has 0 bridgehead atoms. The van der Waals surface area contributed by atoms with Crippen molar-refractivity contribution in [2.24, 2.45) is 0 Å². The predicted octanol–water partition coefficient (Wildman–Crippen LogP) is 3.74. The maximum Gasteiger partial charge on any atom is 0.126 e. The fourth-order valence-corrected chi connectivity index (χ4v) is 3.75. The van der Waals surface area contributed by atoms with E-state index in [1.807, 2.05) is 23.9 Å². The molecule has 0 fully saturated rings. The Kier molecular flexibility index (Phi) is 6.54. The molecular weight excluding hydrogens is 346 g/mol. The van der Waals surface area contributed by atoms with Crippen LogP contribution >= 0.6 is 27.7 Å². The van der Waals surface area contributed by atoms with E-state index in [4.69, 9.17) is 5.73 Å². The summed E-state index contributed by atoms with van der Waals surface area (Å²) in [5, 5.41) is 3.53. The van der Waals surface area contributed by atoms with E-state index in [1.165, 1.54) is 4.90 Å². The summed E-state index contributed by atoms with van der Waals surface area (Å²) in [4.78, 5) is 5.42. The van der Waals surface area contributed by atoms with Gasteiger partial charge in [0.25, 0.3) is 0 Å². The lowest BCUT2D eigenvalue weighted by Gasteiger charge is -2.18. The molecule has 2 rings (SSSR count). The van der Waals surface area contributed by atoms with E-state index in [0.29, 0.717) is 11.9 Å². The van der Waals surface area contributed by atoms with E-state index >= 15 is 0 Å². The first kappa shape index (κ1) is 16.3. The first-order valence-corrected chi connectivity index (χ1v) is 8.78. The number of likely N-dealkylation sites (N-methyl/N-ethyl adjacent to an activating group) is 1. The molecule has 112 valence electrons. The number of aromatic nitrogens is 1. The van der Waals surface area contributed by atoms with E-state index < -0.39 is 0 Å². The summed E-state index contributed by atoms with van der Waals surface area (Å²) in [5.41, 5.74) is 7.05. The van der Waals surface area contributed by atoms with E-state index in [0.717, 1.165) is 28.8 Å². The molecule has 21 heavy (non-hydrogen) atoms. The van der Waals surface area contributed by atoms with E-state index in [2.05, 4.69) is 57.4 Å². The van der Waals surface area contributed by atoms with Gasteiger partial charge in [-0.1, -0.05) is 25.1 Å². The van der Waals surface area contributed by atoms with Crippen LogP contribution in [0.5, 0.6) is 0 Å². The SMILES string of the molecule is CCNC(CSc1ccccc1Br)Cc1cccnc1N. The molecule has 0 saturated heterocycles. The molecule has 5 heteroatoms. The van der Waals surface area contributed by atoms with Crippen LogP contribution in [0, 0.1) is 0 Å². The second-order valence-corrected chi connectivity index (χ2v) is 6.66. The summed E-state index contributed by atoms with van der Waals surface area (Å²) in [5.74, 6) is 1.62. The van der Waals surface area contributed by atoms with Gasteiger partial charge in [0.1, 0.15) is 5.82 Å². The highest BCUT2D eigenvalue weighted by molar-refractivity contribution is 9.10. The summed E-state index contributed by atoms with van der Waals surface area (Å²) < 4.78 is 1.14. The van der Waals surface area contributed by atoms with Crippen LogP contribution in [0.1, 0.15) is 12.5 Å². The molecule has 0 aliphatic carbocycles. The number of hydrogen-bond acceptors (Lipinski definition) is 4. The van der Waals surface area contributed by atoms with Crippen LogP contribution < -0.4 is 11.1 Å². The van der Waals surface area contributed by atoms with Gasteiger partial charge in [0, 0.05) is 27.4 Å². The summed E-state index contributed by atoms with van der Waals surface area (Å²) in [6, 6.07) is 12.7. The molecule has 1 aromatic heterocycles. The van der Waals surface area contributed by atoms with Gasteiger partial charge in [0.05, 0.1) is 0 Å². The van der Waals surface area contributed by atoms with Crippen molar-refractivity contribution in [1.82, 2.24) is 10.3 Å². The Balaban J connectivity index is 1.99. The number of rotatable bonds is 7. The number of nitrogens with two attached hydrogens (primary N) is 1. The molecule has 0 saturated carbocycles. The van der Waals surface area contributed by atoms with Crippen LogP contribution in [-0.2, 0) is 6.42 Å². The number of hydrogen-bond donors (Lipinski definition) is 2. The molecular formula is C16H20BrN3S. The van der Waals surface area contributed by atoms with Crippen LogP contribution in [0.25, 0.3) is 0 Å². The Hall–Kier alpha value is -1.04. The van der Waals surface area contributed by atoms with E-state index in [-0.39, 0.29) is 0 Å².